The molecule has 34 heavy (non-hydrogen) atoms. The molecule has 4 rings (SSSR count). The van der Waals surface area contributed by atoms with Gasteiger partial charge in [0.15, 0.2) is 0 Å². The number of hydrogen-bond donors (Lipinski definition) is 1. The van der Waals surface area contributed by atoms with Gasteiger partial charge in [0.1, 0.15) is 11.6 Å². The summed E-state index contributed by atoms with van der Waals surface area (Å²) in [5.41, 5.74) is 4.12. The molecule has 3 aromatic carbocycles. The van der Waals surface area contributed by atoms with E-state index in [1.165, 1.54) is 5.56 Å². The minimum atomic E-state index is -0.0592. The molecule has 1 amide bonds. The van der Waals surface area contributed by atoms with Gasteiger partial charge in [0.2, 0.25) is 0 Å². The first-order valence-corrected chi connectivity index (χ1v) is 12.2. The molecule has 0 fully saturated rings. The number of imidazole rings is 1. The number of para-hydroxylation sites is 2. The fourth-order valence-corrected chi connectivity index (χ4v) is 4.09. The highest BCUT2D eigenvalue weighted by atomic mass is 16.5. The van der Waals surface area contributed by atoms with E-state index in [4.69, 9.17) is 9.72 Å². The van der Waals surface area contributed by atoms with E-state index in [0.717, 1.165) is 42.0 Å². The van der Waals surface area contributed by atoms with Gasteiger partial charge < -0.3 is 14.6 Å². The molecule has 1 N–H and O–H groups in total. The third-order valence-corrected chi connectivity index (χ3v) is 6.26. The van der Waals surface area contributed by atoms with Gasteiger partial charge in [0.05, 0.1) is 17.6 Å². The van der Waals surface area contributed by atoms with E-state index in [0.29, 0.717) is 31.1 Å². The van der Waals surface area contributed by atoms with E-state index in [2.05, 4.69) is 54.1 Å². The van der Waals surface area contributed by atoms with Crippen LogP contribution in [-0.2, 0) is 13.0 Å². The number of nitrogens with zero attached hydrogens (tertiary/aromatic N) is 2. The molecule has 0 spiro atoms. The molecule has 1 aromatic heterocycles. The molecule has 0 aliphatic rings. The normalized spacial score (nSPS) is 11.9. The zero-order chi connectivity index (χ0) is 23.8. The summed E-state index contributed by atoms with van der Waals surface area (Å²) in [7, 11) is 0. The van der Waals surface area contributed by atoms with E-state index in [1.807, 2.05) is 48.5 Å². The highest BCUT2D eigenvalue weighted by Crippen LogP contribution is 2.22. The first-order valence-electron chi connectivity index (χ1n) is 12.2. The zero-order valence-electron chi connectivity index (χ0n) is 20.0. The van der Waals surface area contributed by atoms with E-state index in [-0.39, 0.29) is 5.91 Å². The van der Waals surface area contributed by atoms with Crippen molar-refractivity contribution in [2.24, 2.45) is 0 Å². The minimum Gasteiger partial charge on any atom is -0.494 e. The van der Waals surface area contributed by atoms with Crippen LogP contribution in [0.15, 0.2) is 78.9 Å². The zero-order valence-corrected chi connectivity index (χ0v) is 20.0. The molecule has 1 heterocycles. The van der Waals surface area contributed by atoms with Crippen molar-refractivity contribution in [3.8, 4) is 5.75 Å². The van der Waals surface area contributed by atoms with E-state index < -0.39 is 0 Å². The van der Waals surface area contributed by atoms with Gasteiger partial charge >= 0.3 is 0 Å². The smallest absolute Gasteiger partial charge is 0.251 e. The summed E-state index contributed by atoms with van der Waals surface area (Å²) in [5.74, 6) is 2.40. The lowest BCUT2D eigenvalue weighted by Crippen LogP contribution is -2.26. The number of carbonyl (C=O) groups excluding carboxylic acids is 1. The third-order valence-electron chi connectivity index (χ3n) is 6.26. The van der Waals surface area contributed by atoms with E-state index in [9.17, 15) is 4.79 Å². The minimum absolute atomic E-state index is 0.0592. The second-order valence-corrected chi connectivity index (χ2v) is 8.62. The molecule has 4 aromatic rings. The molecule has 0 saturated carbocycles. The highest BCUT2D eigenvalue weighted by Gasteiger charge is 2.11. The molecular formula is C29H33N3O2. The van der Waals surface area contributed by atoms with Crippen molar-refractivity contribution >= 4 is 16.9 Å². The number of carbonyl (C=O) groups is 1. The second kappa shape index (κ2) is 11.5. The Bertz CT molecular complexity index is 1200. The van der Waals surface area contributed by atoms with Crippen LogP contribution in [0.2, 0.25) is 0 Å². The fourth-order valence-electron chi connectivity index (χ4n) is 4.09. The monoisotopic (exact) mass is 455 g/mol. The Kier molecular flexibility index (Phi) is 7.97. The maximum atomic E-state index is 12.4. The summed E-state index contributed by atoms with van der Waals surface area (Å²) in [6, 6.07) is 25.9. The van der Waals surface area contributed by atoms with Crippen LogP contribution < -0.4 is 10.1 Å². The molecular weight excluding hydrogens is 422 g/mol. The molecule has 5 nitrogen and oxygen atoms in total. The van der Waals surface area contributed by atoms with E-state index in [1.54, 1.807) is 0 Å². The van der Waals surface area contributed by atoms with Gasteiger partial charge in [-0.3, -0.25) is 4.79 Å². The largest absolute Gasteiger partial charge is 0.494 e. The number of benzene rings is 3. The van der Waals surface area contributed by atoms with Crippen LogP contribution in [0.1, 0.15) is 54.4 Å². The average molecular weight is 456 g/mol. The summed E-state index contributed by atoms with van der Waals surface area (Å²) in [6.07, 6.45) is 2.68. The van der Waals surface area contributed by atoms with Crippen molar-refractivity contribution < 1.29 is 9.53 Å². The highest BCUT2D eigenvalue weighted by molar-refractivity contribution is 5.94. The van der Waals surface area contributed by atoms with Crippen molar-refractivity contribution in [2.45, 2.75) is 45.6 Å². The third kappa shape index (κ3) is 5.84. The van der Waals surface area contributed by atoms with Gasteiger partial charge in [0, 0.05) is 25.1 Å². The molecule has 0 bridgehead atoms. The first-order chi connectivity index (χ1) is 16.7. The second-order valence-electron chi connectivity index (χ2n) is 8.62. The van der Waals surface area contributed by atoms with E-state index >= 15 is 0 Å². The number of hydrogen-bond acceptors (Lipinski definition) is 3. The average Bonchev–Trinajstić information content (AvgIpc) is 3.24. The van der Waals surface area contributed by atoms with Gasteiger partial charge in [-0.15, -0.1) is 0 Å². The predicted octanol–water partition coefficient (Wildman–Crippen LogP) is 5.99. The van der Waals surface area contributed by atoms with Crippen LogP contribution in [0, 0.1) is 0 Å². The summed E-state index contributed by atoms with van der Waals surface area (Å²) in [4.78, 5) is 17.2. The van der Waals surface area contributed by atoms with Crippen molar-refractivity contribution in [2.75, 3.05) is 13.2 Å². The van der Waals surface area contributed by atoms with Gasteiger partial charge in [-0.05, 0) is 60.7 Å². The molecule has 0 radical (unpaired) electrons. The predicted molar refractivity (Wildman–Crippen MR) is 137 cm³/mol. The molecule has 1 unspecified atom stereocenters. The van der Waals surface area contributed by atoms with Crippen LogP contribution in [0.4, 0.5) is 0 Å². The molecule has 1 atom stereocenters. The molecule has 0 aliphatic heterocycles. The lowest BCUT2D eigenvalue weighted by Gasteiger charge is -2.12. The van der Waals surface area contributed by atoms with Crippen LogP contribution in [-0.4, -0.2) is 28.6 Å². The lowest BCUT2D eigenvalue weighted by atomic mass is 9.99. The SMILES string of the molecule is CCC(C)c1ccc(OCCCn2c(CCNC(=O)c3ccccc3)nc3ccccc32)cc1. The van der Waals surface area contributed by atoms with Gasteiger partial charge in [-0.2, -0.15) is 0 Å². The summed E-state index contributed by atoms with van der Waals surface area (Å²) in [6.45, 7) is 6.44. The molecule has 0 saturated heterocycles. The Morgan fingerprint density at radius 1 is 1.00 bits per heavy atom. The lowest BCUT2D eigenvalue weighted by molar-refractivity contribution is 0.0954. The number of amides is 1. The number of aromatic nitrogens is 2. The summed E-state index contributed by atoms with van der Waals surface area (Å²) < 4.78 is 8.24. The number of fused-ring (bicyclic) bond motifs is 1. The van der Waals surface area contributed by atoms with Crippen molar-refractivity contribution in [1.82, 2.24) is 14.9 Å². The van der Waals surface area contributed by atoms with Crippen LogP contribution in [0.5, 0.6) is 5.75 Å². The van der Waals surface area contributed by atoms with Crippen molar-refractivity contribution in [3.05, 3.63) is 95.8 Å². The Morgan fingerprint density at radius 3 is 2.50 bits per heavy atom. The van der Waals surface area contributed by atoms with Gasteiger partial charge in [-0.1, -0.05) is 56.3 Å². The Labute approximate surface area is 201 Å². The van der Waals surface area contributed by atoms with Crippen LogP contribution in [0.3, 0.4) is 0 Å². The summed E-state index contributed by atoms with van der Waals surface area (Å²) in [5, 5.41) is 3.01. The van der Waals surface area contributed by atoms with Crippen LogP contribution >= 0.6 is 0 Å². The topological polar surface area (TPSA) is 56.1 Å². The van der Waals surface area contributed by atoms with Crippen LogP contribution in [0.25, 0.3) is 11.0 Å². The van der Waals surface area contributed by atoms with Gasteiger partial charge in [0.25, 0.3) is 5.91 Å². The maximum Gasteiger partial charge on any atom is 0.251 e. The molecule has 5 heteroatoms. The molecule has 0 aliphatic carbocycles. The maximum absolute atomic E-state index is 12.4. The van der Waals surface area contributed by atoms with Gasteiger partial charge in [-0.25, -0.2) is 4.98 Å². The summed E-state index contributed by atoms with van der Waals surface area (Å²) >= 11 is 0. The Balaban J connectivity index is 1.34. The van der Waals surface area contributed by atoms with Crippen molar-refractivity contribution in [3.63, 3.8) is 0 Å². The number of ether oxygens (including phenoxy) is 1. The van der Waals surface area contributed by atoms with Crippen molar-refractivity contribution in [1.29, 1.82) is 0 Å². The number of rotatable bonds is 11. The first kappa shape index (κ1) is 23.6. The fraction of sp³-hybridized carbons (Fsp3) is 0.310. The quantitative estimate of drug-likeness (QED) is 0.283. The Morgan fingerprint density at radius 2 is 1.74 bits per heavy atom. The number of aryl methyl sites for hydroxylation is 1. The molecule has 176 valence electrons. The number of nitrogens with one attached hydrogen (secondary N) is 1. The Hall–Kier alpha value is -3.60. The standard InChI is InChI=1S/C29H33N3O2/c1-3-22(2)23-14-16-25(17-15-23)34-21-9-20-32-27-13-8-7-12-26(27)31-28(32)18-19-30-29(33)24-10-5-4-6-11-24/h4-8,10-17,22H,3,9,18-21H2,1-2H3,(H,30,33).